The van der Waals surface area contributed by atoms with Crippen LogP contribution in [0, 0.1) is 6.92 Å². The first kappa shape index (κ1) is 14.0. The summed E-state index contributed by atoms with van der Waals surface area (Å²) in [6.45, 7) is 6.18. The summed E-state index contributed by atoms with van der Waals surface area (Å²) in [5, 5.41) is 2.95. The molecule has 0 radical (unpaired) electrons. The van der Waals surface area contributed by atoms with Crippen molar-refractivity contribution >= 4 is 5.91 Å². The van der Waals surface area contributed by atoms with Crippen LogP contribution in [0.4, 0.5) is 0 Å². The topological polar surface area (TPSA) is 45.2 Å². The van der Waals surface area contributed by atoms with E-state index in [2.05, 4.69) is 15.2 Å². The van der Waals surface area contributed by atoms with Crippen molar-refractivity contribution in [1.29, 1.82) is 0 Å². The van der Waals surface area contributed by atoms with Crippen molar-refractivity contribution in [2.45, 2.75) is 32.6 Å². The lowest BCUT2D eigenvalue weighted by molar-refractivity contribution is 0.0950. The van der Waals surface area contributed by atoms with Gasteiger partial charge < -0.3 is 10.2 Å². The van der Waals surface area contributed by atoms with E-state index in [0.717, 1.165) is 25.2 Å². The van der Waals surface area contributed by atoms with Crippen LogP contribution in [0.3, 0.4) is 0 Å². The number of hydrogen-bond acceptors (Lipinski definition) is 3. The van der Waals surface area contributed by atoms with Gasteiger partial charge in [-0.15, -0.1) is 0 Å². The third kappa shape index (κ3) is 4.63. The Morgan fingerprint density at radius 1 is 1.32 bits per heavy atom. The van der Waals surface area contributed by atoms with Crippen LogP contribution in [0.5, 0.6) is 0 Å². The van der Waals surface area contributed by atoms with E-state index < -0.39 is 0 Å². The summed E-state index contributed by atoms with van der Waals surface area (Å²) < 4.78 is 0. The summed E-state index contributed by atoms with van der Waals surface area (Å²) in [6, 6.07) is 3.69. The highest BCUT2D eigenvalue weighted by atomic mass is 16.1. The van der Waals surface area contributed by atoms with Gasteiger partial charge in [-0.25, -0.2) is 0 Å². The van der Waals surface area contributed by atoms with E-state index in [9.17, 15) is 4.79 Å². The van der Waals surface area contributed by atoms with Gasteiger partial charge in [-0.2, -0.15) is 0 Å². The van der Waals surface area contributed by atoms with Gasteiger partial charge in [-0.05, 0) is 58.0 Å². The molecule has 104 valence electrons. The average Bonchev–Trinajstić information content (AvgIpc) is 2.45. The van der Waals surface area contributed by atoms with Crippen LogP contribution in [-0.4, -0.2) is 42.0 Å². The maximum absolute atomic E-state index is 11.8. The molecular weight excluding hydrogens is 238 g/mol. The van der Waals surface area contributed by atoms with Gasteiger partial charge in [0.1, 0.15) is 0 Å². The van der Waals surface area contributed by atoms with Gasteiger partial charge in [0.25, 0.3) is 5.91 Å². The Kier molecular flexibility index (Phi) is 5.33. The zero-order valence-corrected chi connectivity index (χ0v) is 11.7. The van der Waals surface area contributed by atoms with Gasteiger partial charge >= 0.3 is 0 Å². The summed E-state index contributed by atoms with van der Waals surface area (Å²) >= 11 is 0. The van der Waals surface area contributed by atoms with Gasteiger partial charge in [0.2, 0.25) is 0 Å². The minimum Gasteiger partial charge on any atom is -0.352 e. The number of carbonyl (C=O) groups excluding carboxylic acids is 1. The summed E-state index contributed by atoms with van der Waals surface area (Å²) in [4.78, 5) is 18.5. The van der Waals surface area contributed by atoms with Crippen molar-refractivity contribution in [3.63, 3.8) is 0 Å². The molecule has 19 heavy (non-hydrogen) atoms. The van der Waals surface area contributed by atoms with Gasteiger partial charge in [-0.3, -0.25) is 9.78 Å². The summed E-state index contributed by atoms with van der Waals surface area (Å²) in [6.07, 6.45) is 6.66. The molecule has 0 atom stereocenters. The number of likely N-dealkylation sites (tertiary alicyclic amines) is 1. The van der Waals surface area contributed by atoms with E-state index in [0.29, 0.717) is 5.56 Å². The molecule has 2 rings (SSSR count). The fraction of sp³-hybridized carbons (Fsp3) is 0.600. The fourth-order valence-electron chi connectivity index (χ4n) is 2.39. The van der Waals surface area contributed by atoms with E-state index in [4.69, 9.17) is 0 Å². The number of rotatable bonds is 5. The molecule has 4 heteroatoms. The Bertz CT molecular complexity index is 396. The second-order valence-electron chi connectivity index (χ2n) is 5.20. The number of aryl methyl sites for hydroxylation is 1. The predicted octanol–water partition coefficient (Wildman–Crippen LogP) is 2.00. The van der Waals surface area contributed by atoms with Gasteiger partial charge in [-0.1, -0.05) is 6.42 Å². The van der Waals surface area contributed by atoms with Gasteiger partial charge in [0.15, 0.2) is 0 Å². The van der Waals surface area contributed by atoms with Crippen molar-refractivity contribution in [3.05, 3.63) is 29.6 Å². The quantitative estimate of drug-likeness (QED) is 0.825. The smallest absolute Gasteiger partial charge is 0.252 e. The molecular formula is C15H23N3O. The molecule has 1 aliphatic heterocycles. The highest BCUT2D eigenvalue weighted by Crippen LogP contribution is 2.08. The molecule has 0 aliphatic carbocycles. The van der Waals surface area contributed by atoms with Crippen LogP contribution in [0.2, 0.25) is 0 Å². The second-order valence-corrected chi connectivity index (χ2v) is 5.20. The van der Waals surface area contributed by atoms with Crippen molar-refractivity contribution in [2.24, 2.45) is 0 Å². The first-order chi connectivity index (χ1) is 9.25. The summed E-state index contributed by atoms with van der Waals surface area (Å²) in [7, 11) is 0. The zero-order chi connectivity index (χ0) is 13.5. The minimum absolute atomic E-state index is 0.0221. The third-order valence-corrected chi connectivity index (χ3v) is 3.56. The molecule has 1 aromatic rings. The van der Waals surface area contributed by atoms with Gasteiger partial charge in [0, 0.05) is 18.4 Å². The SMILES string of the molecule is Cc1ccc(C(=O)NCCCN2CCCCC2)cn1. The zero-order valence-electron chi connectivity index (χ0n) is 11.7. The number of hydrogen-bond donors (Lipinski definition) is 1. The van der Waals surface area contributed by atoms with E-state index >= 15 is 0 Å². The number of carbonyl (C=O) groups is 1. The standard InChI is InChI=1S/C15H23N3O/c1-13-6-7-14(12-17-13)15(19)16-8-5-11-18-9-3-2-4-10-18/h6-7,12H,2-5,8-11H2,1H3,(H,16,19). The lowest BCUT2D eigenvalue weighted by Crippen LogP contribution is -2.33. The molecule has 1 saturated heterocycles. The highest BCUT2D eigenvalue weighted by Gasteiger charge is 2.09. The minimum atomic E-state index is -0.0221. The van der Waals surface area contributed by atoms with E-state index in [1.54, 1.807) is 6.20 Å². The number of pyridine rings is 1. The normalized spacial score (nSPS) is 16.3. The number of aromatic nitrogens is 1. The Morgan fingerprint density at radius 2 is 2.11 bits per heavy atom. The maximum Gasteiger partial charge on any atom is 0.252 e. The lowest BCUT2D eigenvalue weighted by Gasteiger charge is -2.26. The van der Waals surface area contributed by atoms with Gasteiger partial charge in [0.05, 0.1) is 5.56 Å². The van der Waals surface area contributed by atoms with Crippen molar-refractivity contribution in [2.75, 3.05) is 26.2 Å². The highest BCUT2D eigenvalue weighted by molar-refractivity contribution is 5.93. The molecule has 0 unspecified atom stereocenters. The van der Waals surface area contributed by atoms with Crippen LogP contribution < -0.4 is 5.32 Å². The van der Waals surface area contributed by atoms with Crippen molar-refractivity contribution in [3.8, 4) is 0 Å². The molecule has 0 spiro atoms. The Hall–Kier alpha value is -1.42. The first-order valence-corrected chi connectivity index (χ1v) is 7.19. The van der Waals surface area contributed by atoms with Crippen LogP contribution in [0.25, 0.3) is 0 Å². The molecule has 1 fully saturated rings. The molecule has 0 saturated carbocycles. The summed E-state index contributed by atoms with van der Waals surface area (Å²) in [5.74, 6) is -0.0221. The molecule has 1 aliphatic rings. The average molecular weight is 261 g/mol. The number of nitrogens with zero attached hydrogens (tertiary/aromatic N) is 2. The molecule has 2 heterocycles. The molecule has 0 bridgehead atoms. The predicted molar refractivity (Wildman–Crippen MR) is 76.2 cm³/mol. The van der Waals surface area contributed by atoms with E-state index in [-0.39, 0.29) is 5.91 Å². The molecule has 1 N–H and O–H groups in total. The molecule has 1 aromatic heterocycles. The third-order valence-electron chi connectivity index (χ3n) is 3.56. The largest absolute Gasteiger partial charge is 0.352 e. The fourth-order valence-corrected chi connectivity index (χ4v) is 2.39. The van der Waals surface area contributed by atoms with Crippen molar-refractivity contribution < 1.29 is 4.79 Å². The number of amides is 1. The van der Waals surface area contributed by atoms with Crippen LogP contribution in [0.1, 0.15) is 41.7 Å². The Labute approximate surface area is 115 Å². The Balaban J connectivity index is 1.64. The second kappa shape index (κ2) is 7.24. The van der Waals surface area contributed by atoms with Crippen LogP contribution in [0.15, 0.2) is 18.3 Å². The first-order valence-electron chi connectivity index (χ1n) is 7.19. The van der Waals surface area contributed by atoms with Crippen molar-refractivity contribution in [1.82, 2.24) is 15.2 Å². The van der Waals surface area contributed by atoms with E-state index in [1.807, 2.05) is 19.1 Å². The monoisotopic (exact) mass is 261 g/mol. The maximum atomic E-state index is 11.8. The van der Waals surface area contributed by atoms with Crippen LogP contribution in [-0.2, 0) is 0 Å². The Morgan fingerprint density at radius 3 is 2.79 bits per heavy atom. The molecule has 0 aromatic carbocycles. The number of piperidine rings is 1. The molecule has 1 amide bonds. The number of nitrogens with one attached hydrogen (secondary N) is 1. The lowest BCUT2D eigenvalue weighted by atomic mass is 10.1. The van der Waals surface area contributed by atoms with Crippen LogP contribution >= 0.6 is 0 Å². The summed E-state index contributed by atoms with van der Waals surface area (Å²) in [5.41, 5.74) is 1.57. The molecule has 4 nitrogen and oxygen atoms in total. The van der Waals surface area contributed by atoms with E-state index in [1.165, 1.54) is 32.4 Å².